The van der Waals surface area contributed by atoms with Gasteiger partial charge < -0.3 is 14.6 Å². The Kier molecular flexibility index (Phi) is 5.38. The van der Waals surface area contributed by atoms with Crippen molar-refractivity contribution >= 4 is 0 Å². The molecule has 2 saturated heterocycles. The Bertz CT molecular complexity index is 252. The molecule has 1 N–H and O–H groups in total. The summed E-state index contributed by atoms with van der Waals surface area (Å²) in [6, 6.07) is 0.411. The predicted octanol–water partition coefficient (Wildman–Crippen LogP) is -0.211. The molecule has 2 fully saturated rings. The number of morpholine rings is 2. The first kappa shape index (κ1) is 14.2. The van der Waals surface area contributed by atoms with E-state index in [1.165, 1.54) is 0 Å². The zero-order valence-corrected chi connectivity index (χ0v) is 11.5. The average Bonchev–Trinajstić information content (AvgIpc) is 2.41. The quantitative estimate of drug-likeness (QED) is 0.756. The second kappa shape index (κ2) is 6.82. The van der Waals surface area contributed by atoms with Gasteiger partial charge in [-0.3, -0.25) is 9.80 Å². The molecule has 0 aromatic carbocycles. The molecule has 5 heteroatoms. The fourth-order valence-corrected chi connectivity index (χ4v) is 2.68. The molecule has 0 bridgehead atoms. The zero-order valence-electron chi connectivity index (χ0n) is 11.5. The molecule has 18 heavy (non-hydrogen) atoms. The molecule has 106 valence electrons. The van der Waals surface area contributed by atoms with E-state index in [-0.39, 0.29) is 12.7 Å². The minimum atomic E-state index is -0.0351. The molecule has 0 radical (unpaired) electrons. The van der Waals surface area contributed by atoms with Crippen molar-refractivity contribution in [3.63, 3.8) is 0 Å². The number of rotatable bonds is 4. The summed E-state index contributed by atoms with van der Waals surface area (Å²) in [5.41, 5.74) is 0. The normalized spacial score (nSPS) is 35.8. The summed E-state index contributed by atoms with van der Waals surface area (Å²) >= 11 is 0. The Labute approximate surface area is 110 Å². The number of hydrogen-bond donors (Lipinski definition) is 1. The van der Waals surface area contributed by atoms with E-state index in [9.17, 15) is 5.11 Å². The highest BCUT2D eigenvalue weighted by Crippen LogP contribution is 2.14. The van der Waals surface area contributed by atoms with Gasteiger partial charge in [-0.05, 0) is 13.5 Å². The lowest BCUT2D eigenvalue weighted by Gasteiger charge is -2.41. The van der Waals surface area contributed by atoms with Crippen molar-refractivity contribution in [2.75, 3.05) is 52.5 Å². The standard InChI is InChI=1S/C13H26N2O3/c1-3-14-4-5-17-12(6-14)7-15-8-13(9-16)18-10-11(15)2/h11-13,16H,3-10H2,1-2H3. The summed E-state index contributed by atoms with van der Waals surface area (Å²) in [5, 5.41) is 9.19. The highest BCUT2D eigenvalue weighted by atomic mass is 16.5. The maximum absolute atomic E-state index is 9.19. The van der Waals surface area contributed by atoms with Crippen molar-refractivity contribution in [2.24, 2.45) is 0 Å². The van der Waals surface area contributed by atoms with Gasteiger partial charge >= 0.3 is 0 Å². The Hall–Kier alpha value is -0.200. The van der Waals surface area contributed by atoms with Gasteiger partial charge in [-0.25, -0.2) is 0 Å². The van der Waals surface area contributed by atoms with Crippen molar-refractivity contribution < 1.29 is 14.6 Å². The molecule has 2 rings (SSSR count). The highest BCUT2D eigenvalue weighted by Gasteiger charge is 2.29. The van der Waals surface area contributed by atoms with Gasteiger partial charge in [0.15, 0.2) is 0 Å². The molecule has 0 aromatic rings. The van der Waals surface area contributed by atoms with Crippen LogP contribution in [0.15, 0.2) is 0 Å². The first-order valence-electron chi connectivity index (χ1n) is 7.03. The molecular formula is C13H26N2O3. The van der Waals surface area contributed by atoms with Crippen molar-refractivity contribution in [1.82, 2.24) is 9.80 Å². The van der Waals surface area contributed by atoms with Gasteiger partial charge in [0.2, 0.25) is 0 Å². The Morgan fingerprint density at radius 2 is 2.06 bits per heavy atom. The Balaban J connectivity index is 1.83. The maximum atomic E-state index is 9.19. The van der Waals surface area contributed by atoms with Crippen LogP contribution in [-0.2, 0) is 9.47 Å². The number of ether oxygens (including phenoxy) is 2. The monoisotopic (exact) mass is 258 g/mol. The molecule has 5 nitrogen and oxygen atoms in total. The van der Waals surface area contributed by atoms with Gasteiger partial charge in [0.05, 0.1) is 32.0 Å². The third-order valence-corrected chi connectivity index (χ3v) is 3.95. The summed E-state index contributed by atoms with van der Waals surface area (Å²) < 4.78 is 11.4. The number of aliphatic hydroxyl groups excluding tert-OH is 1. The van der Waals surface area contributed by atoms with E-state index in [1.807, 2.05) is 0 Å². The van der Waals surface area contributed by atoms with E-state index < -0.39 is 0 Å². The SMILES string of the molecule is CCN1CCOC(CN2CC(CO)OCC2C)C1. The van der Waals surface area contributed by atoms with Gasteiger partial charge in [-0.1, -0.05) is 6.92 Å². The third-order valence-electron chi connectivity index (χ3n) is 3.95. The molecule has 0 aromatic heterocycles. The largest absolute Gasteiger partial charge is 0.394 e. The van der Waals surface area contributed by atoms with Crippen LogP contribution in [0.1, 0.15) is 13.8 Å². The van der Waals surface area contributed by atoms with E-state index in [2.05, 4.69) is 23.6 Å². The van der Waals surface area contributed by atoms with Crippen LogP contribution in [0.4, 0.5) is 0 Å². The van der Waals surface area contributed by atoms with Gasteiger partial charge in [0, 0.05) is 32.2 Å². The second-order valence-electron chi connectivity index (χ2n) is 5.33. The van der Waals surface area contributed by atoms with Crippen molar-refractivity contribution in [2.45, 2.75) is 32.1 Å². The molecule has 2 aliphatic rings. The highest BCUT2D eigenvalue weighted by molar-refractivity contribution is 4.81. The number of nitrogens with zero attached hydrogens (tertiary/aromatic N) is 2. The van der Waals surface area contributed by atoms with E-state index >= 15 is 0 Å². The molecular weight excluding hydrogens is 232 g/mol. The predicted molar refractivity (Wildman–Crippen MR) is 69.7 cm³/mol. The topological polar surface area (TPSA) is 45.2 Å². The maximum Gasteiger partial charge on any atom is 0.0933 e. The van der Waals surface area contributed by atoms with Crippen LogP contribution in [0.25, 0.3) is 0 Å². The fourth-order valence-electron chi connectivity index (χ4n) is 2.68. The molecule has 0 aliphatic carbocycles. The van der Waals surface area contributed by atoms with Crippen molar-refractivity contribution in [3.05, 3.63) is 0 Å². The van der Waals surface area contributed by atoms with Crippen LogP contribution < -0.4 is 0 Å². The fraction of sp³-hybridized carbons (Fsp3) is 1.00. The first-order chi connectivity index (χ1) is 8.72. The van der Waals surface area contributed by atoms with E-state index in [1.54, 1.807) is 0 Å². The van der Waals surface area contributed by atoms with Gasteiger partial charge in [0.25, 0.3) is 0 Å². The lowest BCUT2D eigenvalue weighted by Crippen LogP contribution is -2.54. The zero-order chi connectivity index (χ0) is 13.0. The molecule has 3 unspecified atom stereocenters. The summed E-state index contributed by atoms with van der Waals surface area (Å²) in [6.07, 6.45) is 0.255. The summed E-state index contributed by atoms with van der Waals surface area (Å²) in [4.78, 5) is 4.82. The van der Waals surface area contributed by atoms with Gasteiger partial charge in [0.1, 0.15) is 0 Å². The number of aliphatic hydroxyl groups is 1. The van der Waals surface area contributed by atoms with Crippen LogP contribution >= 0.6 is 0 Å². The minimum Gasteiger partial charge on any atom is -0.394 e. The lowest BCUT2D eigenvalue weighted by atomic mass is 10.1. The van der Waals surface area contributed by atoms with E-state index in [0.29, 0.717) is 18.8 Å². The van der Waals surface area contributed by atoms with Crippen LogP contribution in [-0.4, -0.2) is 85.7 Å². The number of hydrogen-bond acceptors (Lipinski definition) is 5. The van der Waals surface area contributed by atoms with Crippen LogP contribution in [0.2, 0.25) is 0 Å². The molecule has 0 spiro atoms. The summed E-state index contributed by atoms with van der Waals surface area (Å²) in [7, 11) is 0. The van der Waals surface area contributed by atoms with Crippen LogP contribution in [0, 0.1) is 0 Å². The second-order valence-corrected chi connectivity index (χ2v) is 5.33. The van der Waals surface area contributed by atoms with Crippen LogP contribution in [0.3, 0.4) is 0 Å². The van der Waals surface area contributed by atoms with Gasteiger partial charge in [-0.15, -0.1) is 0 Å². The van der Waals surface area contributed by atoms with Gasteiger partial charge in [-0.2, -0.15) is 0 Å². The average molecular weight is 258 g/mol. The van der Waals surface area contributed by atoms with Crippen molar-refractivity contribution in [1.29, 1.82) is 0 Å². The van der Waals surface area contributed by atoms with Crippen LogP contribution in [0.5, 0.6) is 0 Å². The lowest BCUT2D eigenvalue weighted by molar-refractivity contribution is -0.103. The molecule has 0 saturated carbocycles. The van der Waals surface area contributed by atoms with E-state index in [0.717, 1.165) is 39.3 Å². The molecule has 3 atom stereocenters. The van der Waals surface area contributed by atoms with E-state index in [4.69, 9.17) is 9.47 Å². The molecule has 0 amide bonds. The first-order valence-corrected chi connectivity index (χ1v) is 7.03. The van der Waals surface area contributed by atoms with Crippen molar-refractivity contribution in [3.8, 4) is 0 Å². The summed E-state index contributed by atoms with van der Waals surface area (Å²) in [5.74, 6) is 0. The third kappa shape index (κ3) is 3.65. The smallest absolute Gasteiger partial charge is 0.0933 e. The summed E-state index contributed by atoms with van der Waals surface area (Å²) in [6.45, 7) is 10.9. The Morgan fingerprint density at radius 1 is 1.22 bits per heavy atom. The molecule has 2 heterocycles. The minimum absolute atomic E-state index is 0.0351. The Morgan fingerprint density at radius 3 is 2.78 bits per heavy atom. The molecule has 2 aliphatic heterocycles. The number of likely N-dealkylation sites (N-methyl/N-ethyl adjacent to an activating group) is 1.